The molecule has 0 aromatic carbocycles. The van der Waals surface area contributed by atoms with E-state index in [9.17, 15) is 5.11 Å². The molecule has 3 N–H and O–H groups in total. The monoisotopic (exact) mass is 481 g/mol. The number of halogens is 1. The van der Waals surface area contributed by atoms with Crippen molar-refractivity contribution in [3.05, 3.63) is 23.2 Å². The summed E-state index contributed by atoms with van der Waals surface area (Å²) in [4.78, 5) is 4.52. The Hall–Kier alpha value is -0.800. The lowest BCUT2D eigenvalue weighted by Crippen LogP contribution is -2.39. The van der Waals surface area contributed by atoms with E-state index in [1.807, 2.05) is 26.8 Å². The molecule has 152 valence electrons. The van der Waals surface area contributed by atoms with Crippen LogP contribution in [0.25, 0.3) is 0 Å². The van der Waals surface area contributed by atoms with Crippen LogP contribution < -0.4 is 10.6 Å². The number of aliphatic hydroxyl groups is 1. The first-order chi connectivity index (χ1) is 11.9. The highest BCUT2D eigenvalue weighted by molar-refractivity contribution is 14.0. The number of furan rings is 1. The summed E-state index contributed by atoms with van der Waals surface area (Å²) in [6, 6.07) is 1.87. The van der Waals surface area contributed by atoms with Crippen molar-refractivity contribution in [3.8, 4) is 0 Å². The van der Waals surface area contributed by atoms with E-state index in [1.165, 1.54) is 0 Å². The molecule has 0 saturated heterocycles. The highest BCUT2D eigenvalue weighted by Crippen LogP contribution is 2.27. The molecule has 0 bridgehead atoms. The number of guanidine groups is 1. The van der Waals surface area contributed by atoms with Crippen LogP contribution >= 0.6 is 24.0 Å². The molecule has 0 radical (unpaired) electrons. The minimum Gasteiger partial charge on any atom is -0.466 e. The maximum Gasteiger partial charge on any atom is 0.191 e. The number of nitrogens with zero attached hydrogens (tertiary/aromatic N) is 1. The molecule has 0 aliphatic heterocycles. The number of rotatable bonds is 11. The van der Waals surface area contributed by atoms with Crippen LogP contribution in [0.2, 0.25) is 0 Å². The summed E-state index contributed by atoms with van der Waals surface area (Å²) < 4.78 is 11.1. The molecule has 0 aliphatic rings. The van der Waals surface area contributed by atoms with E-state index in [0.717, 1.165) is 62.6 Å². The van der Waals surface area contributed by atoms with Crippen molar-refractivity contribution in [2.75, 3.05) is 32.8 Å². The van der Waals surface area contributed by atoms with Gasteiger partial charge >= 0.3 is 0 Å². The van der Waals surface area contributed by atoms with Crippen LogP contribution in [0.1, 0.15) is 57.1 Å². The number of aryl methyl sites for hydroxylation is 2. The molecule has 1 aromatic rings. The van der Waals surface area contributed by atoms with E-state index >= 15 is 0 Å². The number of hydrogen-bond donors (Lipinski definition) is 3. The van der Waals surface area contributed by atoms with Crippen LogP contribution in [0.4, 0.5) is 0 Å². The van der Waals surface area contributed by atoms with E-state index in [2.05, 4.69) is 22.5 Å². The molecule has 1 rings (SSSR count). The summed E-state index contributed by atoms with van der Waals surface area (Å²) in [6.45, 7) is 13.1. The van der Waals surface area contributed by atoms with Crippen LogP contribution in [-0.4, -0.2) is 43.9 Å². The Morgan fingerprint density at radius 1 is 1.23 bits per heavy atom. The highest BCUT2D eigenvalue weighted by atomic mass is 127. The summed E-state index contributed by atoms with van der Waals surface area (Å²) in [7, 11) is 0. The molecular weight excluding hydrogens is 445 g/mol. The van der Waals surface area contributed by atoms with Gasteiger partial charge < -0.3 is 24.9 Å². The van der Waals surface area contributed by atoms with Crippen molar-refractivity contribution in [2.24, 2.45) is 4.99 Å². The van der Waals surface area contributed by atoms with Gasteiger partial charge in [0.25, 0.3) is 0 Å². The van der Waals surface area contributed by atoms with Gasteiger partial charge in [0.1, 0.15) is 17.1 Å². The molecule has 0 fully saturated rings. The van der Waals surface area contributed by atoms with Gasteiger partial charge in [0.15, 0.2) is 5.96 Å². The Balaban J connectivity index is 0.00000625. The second kappa shape index (κ2) is 13.4. The number of unbranched alkanes of at least 4 members (excludes halogenated alkanes) is 1. The van der Waals surface area contributed by atoms with E-state index in [4.69, 9.17) is 9.15 Å². The highest BCUT2D eigenvalue weighted by Gasteiger charge is 2.27. The number of hydrogen-bond acceptors (Lipinski definition) is 4. The minimum atomic E-state index is -1.06. The first-order valence-electron chi connectivity index (χ1n) is 9.30. The number of aliphatic imine (C=N–C) groups is 1. The lowest BCUT2D eigenvalue weighted by molar-refractivity contribution is 0.0657. The summed E-state index contributed by atoms with van der Waals surface area (Å²) in [5.74, 6) is 2.24. The fourth-order valence-corrected chi connectivity index (χ4v) is 2.55. The largest absolute Gasteiger partial charge is 0.466 e. The van der Waals surface area contributed by atoms with Gasteiger partial charge in [0.05, 0.1) is 6.54 Å². The van der Waals surface area contributed by atoms with Gasteiger partial charge in [0, 0.05) is 31.9 Å². The summed E-state index contributed by atoms with van der Waals surface area (Å²) >= 11 is 0. The molecule has 0 aliphatic carbocycles. The van der Waals surface area contributed by atoms with E-state index in [0.29, 0.717) is 5.96 Å². The molecule has 1 atom stereocenters. The summed E-state index contributed by atoms with van der Waals surface area (Å²) in [6.07, 6.45) is 3.19. The second-order valence-corrected chi connectivity index (χ2v) is 6.54. The van der Waals surface area contributed by atoms with Crippen LogP contribution in [-0.2, 0) is 10.3 Å². The van der Waals surface area contributed by atoms with Crippen molar-refractivity contribution < 1.29 is 14.3 Å². The van der Waals surface area contributed by atoms with E-state index in [-0.39, 0.29) is 30.5 Å². The average Bonchev–Trinajstić information content (AvgIpc) is 2.91. The third-order valence-corrected chi connectivity index (χ3v) is 3.91. The Morgan fingerprint density at radius 2 is 1.92 bits per heavy atom. The maximum atomic E-state index is 10.7. The zero-order valence-corrected chi connectivity index (χ0v) is 19.2. The van der Waals surface area contributed by atoms with Gasteiger partial charge in [-0.3, -0.25) is 0 Å². The van der Waals surface area contributed by atoms with Crippen LogP contribution in [0.5, 0.6) is 0 Å². The fourth-order valence-electron chi connectivity index (χ4n) is 2.55. The van der Waals surface area contributed by atoms with Gasteiger partial charge in [-0.25, -0.2) is 4.99 Å². The first kappa shape index (κ1) is 25.2. The smallest absolute Gasteiger partial charge is 0.191 e. The molecule has 0 spiro atoms. The Kier molecular flexibility index (Phi) is 13.0. The van der Waals surface area contributed by atoms with E-state index in [1.54, 1.807) is 6.92 Å². The Bertz CT molecular complexity index is 530. The van der Waals surface area contributed by atoms with Gasteiger partial charge in [-0.2, -0.15) is 0 Å². The van der Waals surface area contributed by atoms with Gasteiger partial charge in [-0.15, -0.1) is 24.0 Å². The van der Waals surface area contributed by atoms with Gasteiger partial charge in [-0.05, 0) is 46.6 Å². The molecule has 1 unspecified atom stereocenters. The topological polar surface area (TPSA) is 79.0 Å². The summed E-state index contributed by atoms with van der Waals surface area (Å²) in [5, 5.41) is 17.2. The van der Waals surface area contributed by atoms with Crippen molar-refractivity contribution in [1.82, 2.24) is 10.6 Å². The Labute approximate surface area is 175 Å². The Morgan fingerprint density at radius 3 is 2.50 bits per heavy atom. The quantitative estimate of drug-likeness (QED) is 0.195. The number of ether oxygens (including phenoxy) is 1. The van der Waals surface area contributed by atoms with E-state index < -0.39 is 5.60 Å². The molecule has 0 saturated carbocycles. The maximum absolute atomic E-state index is 10.7. The standard InChI is InChI=1S/C19H35N3O3.HI/c1-6-8-11-24-12-9-10-21-18(20-7-2)22-14-19(5,23)17-13-15(3)25-16(17)4;/h13,23H,6-12,14H2,1-5H3,(H2,20,21,22);1H. The van der Waals surface area contributed by atoms with Gasteiger partial charge in [-0.1, -0.05) is 13.3 Å². The first-order valence-corrected chi connectivity index (χ1v) is 9.30. The van der Waals surface area contributed by atoms with Crippen LogP contribution in [0.3, 0.4) is 0 Å². The van der Waals surface area contributed by atoms with Crippen molar-refractivity contribution in [3.63, 3.8) is 0 Å². The average molecular weight is 481 g/mol. The molecule has 26 heavy (non-hydrogen) atoms. The zero-order valence-electron chi connectivity index (χ0n) is 16.9. The number of nitrogens with one attached hydrogen (secondary N) is 2. The molecule has 1 heterocycles. The molecule has 1 aromatic heterocycles. The zero-order chi connectivity index (χ0) is 18.7. The van der Waals surface area contributed by atoms with Crippen molar-refractivity contribution in [2.45, 2.75) is 59.5 Å². The molecule has 6 nitrogen and oxygen atoms in total. The van der Waals surface area contributed by atoms with Crippen LogP contribution in [0.15, 0.2) is 15.5 Å². The minimum absolute atomic E-state index is 0. The second-order valence-electron chi connectivity index (χ2n) is 6.54. The lowest BCUT2D eigenvalue weighted by atomic mass is 9.96. The SMILES string of the molecule is CCCCOCCCNC(=NCC(C)(O)c1cc(C)oc1C)NCC.I. The lowest BCUT2D eigenvalue weighted by Gasteiger charge is -2.21. The summed E-state index contributed by atoms with van der Waals surface area (Å²) in [5.41, 5.74) is -0.276. The molecule has 0 amide bonds. The third kappa shape index (κ3) is 9.23. The van der Waals surface area contributed by atoms with Gasteiger partial charge in [0.2, 0.25) is 0 Å². The van der Waals surface area contributed by atoms with Crippen molar-refractivity contribution >= 4 is 29.9 Å². The van der Waals surface area contributed by atoms with Crippen LogP contribution in [0, 0.1) is 13.8 Å². The third-order valence-electron chi connectivity index (χ3n) is 3.91. The normalized spacial score (nSPS) is 13.8. The molecular formula is C19H36IN3O3. The predicted octanol–water partition coefficient (Wildman–Crippen LogP) is 3.48. The predicted molar refractivity (Wildman–Crippen MR) is 117 cm³/mol. The van der Waals surface area contributed by atoms with Crippen molar-refractivity contribution in [1.29, 1.82) is 0 Å². The fraction of sp³-hybridized carbons (Fsp3) is 0.737. The molecule has 7 heteroatoms.